The first kappa shape index (κ1) is 90.3. The zero-order valence-electron chi connectivity index (χ0n) is 57.2. The van der Waals surface area contributed by atoms with E-state index >= 15 is 0 Å². The largest absolute Gasteiger partial charge is 0.508 e. The van der Waals surface area contributed by atoms with E-state index in [0.29, 0.717) is 41.3 Å². The highest BCUT2D eigenvalue weighted by molar-refractivity contribution is 5.28. The first-order valence-electron chi connectivity index (χ1n) is 30.4. The summed E-state index contributed by atoms with van der Waals surface area (Å²) in [5, 5.41) is 9.06. The van der Waals surface area contributed by atoms with Crippen molar-refractivity contribution in [1.82, 2.24) is 44.9 Å². The molecule has 0 saturated heterocycles. The van der Waals surface area contributed by atoms with Crippen LogP contribution in [0, 0.1) is 0 Å². The van der Waals surface area contributed by atoms with Crippen LogP contribution in [0.15, 0.2) is 145 Å². The second kappa shape index (κ2) is 60.1. The number of rotatable bonds is 7. The molecule has 0 atom stereocenters. The van der Waals surface area contributed by atoms with Crippen LogP contribution in [0.5, 0.6) is 5.75 Å². The SMILES string of the molecule is CC.CC.CC.CC.CC.CC.CC.CC(C)c1cc(=O)[nH]cn1.CC(C)c1cc(=O)cc[nH]1.CC(C)c1cc[nH]c(=O)c1.CC(C)c1cccc(=O)[nH]1.CC(C)c1cccc(O)c1.CC(C)c1ccnc(=O)[nH]1.CC(C)c1nccc(=O)[nH]1. The molecule has 0 bridgehead atoms. The van der Waals surface area contributed by atoms with Gasteiger partial charge >= 0.3 is 5.69 Å². The minimum atomic E-state index is -0.272. The third kappa shape index (κ3) is 49.1. The smallest absolute Gasteiger partial charge is 0.345 e. The van der Waals surface area contributed by atoms with Crippen molar-refractivity contribution in [1.29, 1.82) is 0 Å². The van der Waals surface area contributed by atoms with Crippen molar-refractivity contribution in [2.45, 2.75) is 235 Å². The van der Waals surface area contributed by atoms with Crippen molar-refractivity contribution in [3.05, 3.63) is 218 Å². The minimum Gasteiger partial charge on any atom is -0.508 e. The Bertz CT molecular complexity index is 2460. The minimum absolute atomic E-state index is 0.0220. The molecule has 1 aromatic carbocycles. The molecule has 16 heteroatoms. The summed E-state index contributed by atoms with van der Waals surface area (Å²) in [6.07, 6.45) is 7.83. The van der Waals surface area contributed by atoms with Crippen LogP contribution in [0.4, 0.5) is 0 Å². The van der Waals surface area contributed by atoms with Crippen LogP contribution in [0.1, 0.15) is 275 Å². The molecule has 16 nitrogen and oxygen atoms in total. The predicted molar refractivity (Wildman–Crippen MR) is 362 cm³/mol. The number of aromatic amines is 6. The van der Waals surface area contributed by atoms with Gasteiger partial charge in [0.25, 0.3) is 11.1 Å². The number of nitrogens with one attached hydrogen (secondary N) is 6. The first-order chi connectivity index (χ1) is 39.9. The summed E-state index contributed by atoms with van der Waals surface area (Å²) < 4.78 is 0. The average Bonchev–Trinajstić information content (AvgIpc) is 3.49. The van der Waals surface area contributed by atoms with Crippen molar-refractivity contribution in [2.75, 3.05) is 0 Å². The molecule has 84 heavy (non-hydrogen) atoms. The van der Waals surface area contributed by atoms with E-state index in [-0.39, 0.29) is 39.3 Å². The van der Waals surface area contributed by atoms with E-state index in [1.807, 2.05) is 197 Å². The number of aromatic hydroxyl groups is 1. The number of hydrogen-bond donors (Lipinski definition) is 7. The van der Waals surface area contributed by atoms with E-state index in [1.165, 1.54) is 48.5 Å². The number of phenols is 1. The van der Waals surface area contributed by atoms with Crippen molar-refractivity contribution >= 4 is 0 Å². The van der Waals surface area contributed by atoms with Gasteiger partial charge in [0.05, 0.1) is 12.0 Å². The van der Waals surface area contributed by atoms with Gasteiger partial charge in [-0.2, -0.15) is 0 Å². The van der Waals surface area contributed by atoms with Gasteiger partial charge in [0.15, 0.2) is 5.43 Å². The molecule has 0 radical (unpaired) electrons. The highest BCUT2D eigenvalue weighted by Crippen LogP contribution is 2.18. The van der Waals surface area contributed by atoms with Gasteiger partial charge in [-0.05, 0) is 77.0 Å². The Hall–Kier alpha value is -7.49. The molecule has 0 aliphatic heterocycles. The lowest BCUT2D eigenvalue weighted by molar-refractivity contribution is 0.474. The summed E-state index contributed by atoms with van der Waals surface area (Å²) >= 11 is 0. The van der Waals surface area contributed by atoms with Crippen LogP contribution in [0.25, 0.3) is 0 Å². The molecule has 7 rings (SSSR count). The van der Waals surface area contributed by atoms with Gasteiger partial charge in [-0.1, -0.05) is 212 Å². The van der Waals surface area contributed by atoms with Crippen molar-refractivity contribution in [3.8, 4) is 5.75 Å². The monoisotopic (exact) mass is 1170 g/mol. The van der Waals surface area contributed by atoms with E-state index in [4.69, 9.17) is 5.11 Å². The Morgan fingerprint density at radius 3 is 1.15 bits per heavy atom. The lowest BCUT2D eigenvalue weighted by Crippen LogP contribution is -2.11. The van der Waals surface area contributed by atoms with Gasteiger partial charge in [0, 0.05) is 84.2 Å². The highest BCUT2D eigenvalue weighted by Gasteiger charge is 2.02. The van der Waals surface area contributed by atoms with E-state index in [9.17, 15) is 28.8 Å². The van der Waals surface area contributed by atoms with Crippen LogP contribution < -0.4 is 33.4 Å². The standard InChI is InChI=1S/C9H12O.3C8H11NO.3C7H10N2O.7C2H6/c1-7(2)8-4-3-5-9(10)6-8;1-6(2)8-5-7(10)3-4-9-8;1-6(2)7-3-4-9-8(10)5-7;1-6(2)7-4-3-5-8(10)9-7;1-5(2)6-3-7(10)9-4-8-6;1-5(2)7-8-4-3-6(10)9-7;1-5(2)6-3-4-8-7(10)9-6;7*1-2/h3-7,10H,1-2H3;3*3-6H,1-2H3,(H,9,10);3*3-5H,1-2H3,(H,8,9,10);7*1-2H3. The molecule has 476 valence electrons. The van der Waals surface area contributed by atoms with Crippen LogP contribution in [-0.2, 0) is 0 Å². The number of aromatic nitrogens is 9. The normalized spacial score (nSPS) is 9.08. The summed E-state index contributed by atoms with van der Waals surface area (Å²) in [6.45, 7) is 56.5. The van der Waals surface area contributed by atoms with E-state index < -0.39 is 0 Å². The number of H-pyrrole nitrogens is 6. The molecule has 7 aromatic rings. The number of phenolic OH excluding ortho intramolecular Hbond substituents is 1. The van der Waals surface area contributed by atoms with Crippen molar-refractivity contribution in [3.63, 3.8) is 0 Å². The molecule has 0 aliphatic rings. The Labute approximate surface area is 506 Å². The van der Waals surface area contributed by atoms with E-state index in [1.54, 1.807) is 42.7 Å². The van der Waals surface area contributed by atoms with Crippen molar-refractivity contribution in [2.24, 2.45) is 0 Å². The van der Waals surface area contributed by atoms with E-state index in [2.05, 4.69) is 72.6 Å². The third-order valence-electron chi connectivity index (χ3n) is 9.68. The molecule has 0 saturated carbocycles. The van der Waals surface area contributed by atoms with Gasteiger partial charge < -0.3 is 35.0 Å². The maximum absolute atomic E-state index is 10.8. The molecule has 0 fully saturated rings. The fourth-order valence-corrected chi connectivity index (χ4v) is 5.40. The van der Waals surface area contributed by atoms with Crippen LogP contribution in [-0.4, -0.2) is 50.0 Å². The van der Waals surface area contributed by atoms with Gasteiger partial charge in [-0.3, -0.25) is 24.0 Å². The number of benzene rings is 1. The van der Waals surface area contributed by atoms with Gasteiger partial charge in [-0.25, -0.2) is 19.7 Å². The maximum atomic E-state index is 10.8. The maximum Gasteiger partial charge on any atom is 0.345 e. The molecule has 0 aliphatic carbocycles. The van der Waals surface area contributed by atoms with Crippen LogP contribution in [0.3, 0.4) is 0 Å². The molecular formula is C68H117N9O7. The number of hydrogen-bond acceptors (Lipinski definition) is 10. The fourth-order valence-electron chi connectivity index (χ4n) is 5.40. The Morgan fingerprint density at radius 1 is 0.357 bits per heavy atom. The first-order valence-corrected chi connectivity index (χ1v) is 30.4. The average molecular weight is 1170 g/mol. The summed E-state index contributed by atoms with van der Waals surface area (Å²) in [6, 6.07) is 24.0. The van der Waals surface area contributed by atoms with Gasteiger partial charge in [0.2, 0.25) is 11.1 Å². The molecule has 6 aromatic heterocycles. The Morgan fingerprint density at radius 2 is 0.821 bits per heavy atom. The predicted octanol–water partition coefficient (Wildman–Crippen LogP) is 16.9. The zero-order valence-corrected chi connectivity index (χ0v) is 57.2. The zero-order chi connectivity index (χ0) is 66.9. The molecule has 0 unspecified atom stereocenters. The quantitative estimate of drug-likeness (QED) is 0.0794. The molecule has 6 heterocycles. The third-order valence-corrected chi connectivity index (χ3v) is 9.68. The van der Waals surface area contributed by atoms with Gasteiger partial charge in [-0.15, -0.1) is 0 Å². The molecule has 0 spiro atoms. The lowest BCUT2D eigenvalue weighted by Gasteiger charge is -2.03. The molecule has 7 N–H and O–H groups in total. The second-order valence-corrected chi connectivity index (χ2v) is 18.1. The summed E-state index contributed by atoms with van der Waals surface area (Å²) in [5.41, 5.74) is 5.61. The fraction of sp³-hybridized carbons (Fsp3) is 0.515. The molecular weight excluding hydrogens is 1050 g/mol. The number of nitrogens with zero attached hydrogens (tertiary/aromatic N) is 3. The summed E-state index contributed by atoms with van der Waals surface area (Å²) in [7, 11) is 0. The van der Waals surface area contributed by atoms with Gasteiger partial charge in [0.1, 0.15) is 11.6 Å². The van der Waals surface area contributed by atoms with Crippen molar-refractivity contribution < 1.29 is 5.11 Å². The lowest BCUT2D eigenvalue weighted by atomic mass is 10.0. The summed E-state index contributed by atoms with van der Waals surface area (Å²) in [5.74, 6) is 3.78. The van der Waals surface area contributed by atoms with Crippen LogP contribution in [0.2, 0.25) is 0 Å². The Kier molecular flexibility index (Phi) is 64.6. The second-order valence-electron chi connectivity index (χ2n) is 18.1. The number of pyridine rings is 3. The summed E-state index contributed by atoms with van der Waals surface area (Å²) in [4.78, 5) is 91.8. The molecule has 0 amide bonds. The highest BCUT2D eigenvalue weighted by atomic mass is 16.3. The Balaban J connectivity index is -0.000000159. The van der Waals surface area contributed by atoms with Crippen LogP contribution >= 0.6 is 0 Å². The van der Waals surface area contributed by atoms with E-state index in [0.717, 1.165) is 34.2 Å². The topological polar surface area (TPSA) is 256 Å².